The summed E-state index contributed by atoms with van der Waals surface area (Å²) < 4.78 is 0.494. The standard InChI is InChI=1S/C13H15BrN2O3S/c14-11-2-1-8(5-10(11)13(18)19)16-12(17)6-9-7-20-4-3-15-9/h1-2,5,9,15H,3-4,6-7H2,(H,16,17)(H,18,19). The number of carboxylic acid groups (broad SMARTS) is 1. The Kier molecular flexibility index (Phi) is 5.45. The highest BCUT2D eigenvalue weighted by Crippen LogP contribution is 2.21. The third-order valence-electron chi connectivity index (χ3n) is 2.91. The molecule has 1 aromatic rings. The van der Waals surface area contributed by atoms with Gasteiger partial charge in [0.05, 0.1) is 5.56 Å². The molecule has 1 fully saturated rings. The van der Waals surface area contributed by atoms with Gasteiger partial charge in [0.15, 0.2) is 0 Å². The van der Waals surface area contributed by atoms with Crippen molar-refractivity contribution in [2.45, 2.75) is 12.5 Å². The summed E-state index contributed by atoms with van der Waals surface area (Å²) in [6, 6.07) is 4.93. The molecular formula is C13H15BrN2O3S. The first-order valence-electron chi connectivity index (χ1n) is 6.20. The van der Waals surface area contributed by atoms with Crippen LogP contribution in [0.1, 0.15) is 16.8 Å². The van der Waals surface area contributed by atoms with Crippen molar-refractivity contribution in [1.82, 2.24) is 5.32 Å². The zero-order chi connectivity index (χ0) is 14.5. The van der Waals surface area contributed by atoms with Crippen molar-refractivity contribution in [2.75, 3.05) is 23.4 Å². The number of anilines is 1. The highest BCUT2D eigenvalue weighted by molar-refractivity contribution is 9.10. The van der Waals surface area contributed by atoms with Gasteiger partial charge in [0.2, 0.25) is 5.91 Å². The zero-order valence-electron chi connectivity index (χ0n) is 10.7. The number of amides is 1. The molecule has 20 heavy (non-hydrogen) atoms. The van der Waals surface area contributed by atoms with Crippen LogP contribution in [0.3, 0.4) is 0 Å². The fourth-order valence-electron chi connectivity index (χ4n) is 1.95. The predicted octanol–water partition coefficient (Wildman–Crippen LogP) is 2.18. The Morgan fingerprint density at radius 3 is 2.95 bits per heavy atom. The third-order valence-corrected chi connectivity index (χ3v) is 4.73. The number of halogens is 1. The number of hydrogen-bond donors (Lipinski definition) is 3. The first kappa shape index (κ1) is 15.3. The van der Waals surface area contributed by atoms with E-state index in [0.29, 0.717) is 16.6 Å². The Morgan fingerprint density at radius 1 is 1.50 bits per heavy atom. The smallest absolute Gasteiger partial charge is 0.336 e. The van der Waals surface area contributed by atoms with Gasteiger partial charge < -0.3 is 15.7 Å². The van der Waals surface area contributed by atoms with E-state index in [2.05, 4.69) is 26.6 Å². The largest absolute Gasteiger partial charge is 0.478 e. The van der Waals surface area contributed by atoms with Gasteiger partial charge in [-0.15, -0.1) is 0 Å². The molecule has 0 spiro atoms. The van der Waals surface area contributed by atoms with Gasteiger partial charge in [-0.05, 0) is 34.1 Å². The predicted molar refractivity (Wildman–Crippen MR) is 83.5 cm³/mol. The lowest BCUT2D eigenvalue weighted by atomic mass is 10.2. The normalized spacial score (nSPS) is 18.6. The summed E-state index contributed by atoms with van der Waals surface area (Å²) in [5.41, 5.74) is 0.633. The maximum atomic E-state index is 11.9. The fourth-order valence-corrected chi connectivity index (χ4v) is 3.32. The Balaban J connectivity index is 1.96. The number of carbonyl (C=O) groups excluding carboxylic acids is 1. The van der Waals surface area contributed by atoms with Gasteiger partial charge in [0, 0.05) is 40.7 Å². The monoisotopic (exact) mass is 358 g/mol. The van der Waals surface area contributed by atoms with E-state index in [1.54, 1.807) is 12.1 Å². The molecule has 0 saturated carbocycles. The molecule has 5 nitrogen and oxygen atoms in total. The summed E-state index contributed by atoms with van der Waals surface area (Å²) in [6.07, 6.45) is 0.394. The molecular weight excluding hydrogens is 344 g/mol. The van der Waals surface area contributed by atoms with E-state index < -0.39 is 5.97 Å². The van der Waals surface area contributed by atoms with Gasteiger partial charge >= 0.3 is 5.97 Å². The molecule has 1 saturated heterocycles. The van der Waals surface area contributed by atoms with Crippen LogP contribution < -0.4 is 10.6 Å². The van der Waals surface area contributed by atoms with Crippen molar-refractivity contribution < 1.29 is 14.7 Å². The quantitative estimate of drug-likeness (QED) is 0.768. The van der Waals surface area contributed by atoms with E-state index >= 15 is 0 Å². The van der Waals surface area contributed by atoms with Crippen LogP contribution in [0.25, 0.3) is 0 Å². The lowest BCUT2D eigenvalue weighted by Gasteiger charge is -2.22. The second kappa shape index (κ2) is 7.10. The van der Waals surface area contributed by atoms with Crippen molar-refractivity contribution in [3.05, 3.63) is 28.2 Å². The van der Waals surface area contributed by atoms with Gasteiger partial charge in [-0.25, -0.2) is 4.79 Å². The molecule has 3 N–H and O–H groups in total. The van der Waals surface area contributed by atoms with Gasteiger partial charge in [0.25, 0.3) is 0 Å². The number of nitrogens with one attached hydrogen (secondary N) is 2. The van der Waals surface area contributed by atoms with Crippen molar-refractivity contribution >= 4 is 45.3 Å². The summed E-state index contributed by atoms with van der Waals surface area (Å²) >= 11 is 5.00. The van der Waals surface area contributed by atoms with Crippen LogP contribution in [-0.4, -0.2) is 41.1 Å². The van der Waals surface area contributed by atoms with E-state index in [1.165, 1.54) is 6.07 Å². The third kappa shape index (κ3) is 4.22. The average Bonchev–Trinajstić information content (AvgIpc) is 2.41. The number of aromatic carboxylic acids is 1. The summed E-state index contributed by atoms with van der Waals surface area (Å²) in [4.78, 5) is 22.9. The summed E-state index contributed by atoms with van der Waals surface area (Å²) in [5.74, 6) is 0.864. The SMILES string of the molecule is O=C(CC1CSCCN1)Nc1ccc(Br)c(C(=O)O)c1. The van der Waals surface area contributed by atoms with E-state index in [0.717, 1.165) is 18.1 Å². The second-order valence-electron chi connectivity index (χ2n) is 4.48. The van der Waals surface area contributed by atoms with Crippen LogP contribution in [0.15, 0.2) is 22.7 Å². The molecule has 1 aliphatic rings. The molecule has 0 aliphatic carbocycles. The number of carboxylic acids is 1. The molecule has 1 heterocycles. The first-order chi connectivity index (χ1) is 9.56. The molecule has 1 amide bonds. The molecule has 2 rings (SSSR count). The summed E-state index contributed by atoms with van der Waals surface area (Å²) in [5, 5.41) is 15.1. The molecule has 0 bridgehead atoms. The van der Waals surface area contributed by atoms with Crippen LogP contribution in [0.5, 0.6) is 0 Å². The number of hydrogen-bond acceptors (Lipinski definition) is 4. The summed E-state index contributed by atoms with van der Waals surface area (Å²) in [7, 11) is 0. The van der Waals surface area contributed by atoms with Crippen molar-refractivity contribution in [3.8, 4) is 0 Å². The minimum absolute atomic E-state index is 0.108. The number of benzene rings is 1. The Morgan fingerprint density at radius 2 is 2.30 bits per heavy atom. The van der Waals surface area contributed by atoms with Crippen LogP contribution in [-0.2, 0) is 4.79 Å². The lowest BCUT2D eigenvalue weighted by Crippen LogP contribution is -2.39. The first-order valence-corrected chi connectivity index (χ1v) is 8.15. The van der Waals surface area contributed by atoms with Crippen LogP contribution in [0.4, 0.5) is 5.69 Å². The van der Waals surface area contributed by atoms with Gasteiger partial charge in [-0.2, -0.15) is 11.8 Å². The fraction of sp³-hybridized carbons (Fsp3) is 0.385. The Labute approximate surface area is 129 Å². The topological polar surface area (TPSA) is 78.4 Å². The molecule has 0 radical (unpaired) electrons. The van der Waals surface area contributed by atoms with Crippen LogP contribution >= 0.6 is 27.7 Å². The molecule has 1 aliphatic heterocycles. The minimum Gasteiger partial charge on any atom is -0.478 e. The highest BCUT2D eigenvalue weighted by atomic mass is 79.9. The van der Waals surface area contributed by atoms with E-state index in [-0.39, 0.29) is 17.5 Å². The molecule has 1 atom stereocenters. The Bertz CT molecular complexity index is 518. The van der Waals surface area contributed by atoms with E-state index in [4.69, 9.17) is 5.11 Å². The average molecular weight is 359 g/mol. The minimum atomic E-state index is -1.03. The van der Waals surface area contributed by atoms with Gasteiger partial charge in [-0.1, -0.05) is 0 Å². The van der Waals surface area contributed by atoms with Gasteiger partial charge in [0.1, 0.15) is 0 Å². The van der Waals surface area contributed by atoms with Crippen LogP contribution in [0.2, 0.25) is 0 Å². The number of carbonyl (C=O) groups is 2. The van der Waals surface area contributed by atoms with Crippen LogP contribution in [0, 0.1) is 0 Å². The molecule has 7 heteroatoms. The van der Waals surface area contributed by atoms with Crippen molar-refractivity contribution in [1.29, 1.82) is 0 Å². The van der Waals surface area contributed by atoms with Gasteiger partial charge in [-0.3, -0.25) is 4.79 Å². The maximum absolute atomic E-state index is 11.9. The second-order valence-corrected chi connectivity index (χ2v) is 6.48. The van der Waals surface area contributed by atoms with E-state index in [9.17, 15) is 9.59 Å². The van der Waals surface area contributed by atoms with E-state index in [1.807, 2.05) is 11.8 Å². The Hall–Kier alpha value is -1.05. The lowest BCUT2D eigenvalue weighted by molar-refractivity contribution is -0.116. The van der Waals surface area contributed by atoms with Crippen molar-refractivity contribution in [3.63, 3.8) is 0 Å². The maximum Gasteiger partial charge on any atom is 0.336 e. The van der Waals surface area contributed by atoms with Crippen molar-refractivity contribution in [2.24, 2.45) is 0 Å². The summed E-state index contributed by atoms with van der Waals surface area (Å²) in [6.45, 7) is 0.921. The molecule has 0 aromatic heterocycles. The highest BCUT2D eigenvalue weighted by Gasteiger charge is 2.17. The molecule has 108 valence electrons. The number of rotatable bonds is 4. The zero-order valence-corrected chi connectivity index (χ0v) is 13.1. The number of thioether (sulfide) groups is 1. The molecule has 1 aromatic carbocycles. The molecule has 1 unspecified atom stereocenters.